The second kappa shape index (κ2) is 4.21. The van der Waals surface area contributed by atoms with Gasteiger partial charge >= 0.3 is 5.97 Å². The van der Waals surface area contributed by atoms with Crippen molar-refractivity contribution in [3.05, 3.63) is 11.4 Å². The van der Waals surface area contributed by atoms with Crippen LogP contribution in [0.2, 0.25) is 0 Å². The predicted molar refractivity (Wildman–Crippen MR) is 54.9 cm³/mol. The smallest absolute Gasteiger partial charge is 0.311 e. The number of nitrogens with zero attached hydrogens (tertiary/aromatic N) is 2. The second-order valence-corrected chi connectivity index (χ2v) is 4.34. The van der Waals surface area contributed by atoms with Gasteiger partial charge in [-0.2, -0.15) is 0 Å². The van der Waals surface area contributed by atoms with Crippen LogP contribution in [0.4, 0.5) is 0 Å². The van der Waals surface area contributed by atoms with Gasteiger partial charge in [0.05, 0.1) is 5.41 Å². The van der Waals surface area contributed by atoms with Crippen LogP contribution in [0.25, 0.3) is 0 Å². The molecule has 0 spiro atoms. The van der Waals surface area contributed by atoms with Gasteiger partial charge in [0.1, 0.15) is 11.4 Å². The van der Waals surface area contributed by atoms with Crippen LogP contribution >= 0.6 is 0 Å². The fourth-order valence-corrected chi connectivity index (χ4v) is 2.11. The van der Waals surface area contributed by atoms with Crippen LogP contribution in [0.15, 0.2) is 4.63 Å². The molecule has 2 N–H and O–H groups in total. The molecule has 1 aliphatic heterocycles. The molecule has 1 aromatic rings. The second-order valence-electron chi connectivity index (χ2n) is 4.34. The molecular weight excluding hydrogens is 210 g/mol. The Labute approximate surface area is 93.0 Å². The zero-order valence-corrected chi connectivity index (χ0v) is 9.19. The molecule has 1 fully saturated rings. The molecule has 2 heterocycles. The van der Waals surface area contributed by atoms with Crippen LogP contribution in [-0.2, 0) is 11.2 Å². The van der Waals surface area contributed by atoms with Crippen molar-refractivity contribution < 1.29 is 14.5 Å². The van der Waals surface area contributed by atoms with E-state index in [9.17, 15) is 9.90 Å². The maximum atomic E-state index is 11.4. The number of hydrogen-bond acceptors (Lipinski definition) is 5. The highest BCUT2D eigenvalue weighted by Gasteiger charge is 2.41. The van der Waals surface area contributed by atoms with E-state index < -0.39 is 11.4 Å². The van der Waals surface area contributed by atoms with E-state index in [1.54, 1.807) is 6.92 Å². The normalized spacial score (nSPS) is 25.6. The van der Waals surface area contributed by atoms with Crippen molar-refractivity contribution in [2.75, 3.05) is 13.1 Å². The van der Waals surface area contributed by atoms with E-state index in [1.165, 1.54) is 0 Å². The lowest BCUT2D eigenvalue weighted by Crippen LogP contribution is -2.47. The van der Waals surface area contributed by atoms with Gasteiger partial charge in [0.2, 0.25) is 0 Å². The molecule has 1 aromatic heterocycles. The molecule has 1 atom stereocenters. The van der Waals surface area contributed by atoms with Crippen molar-refractivity contribution >= 4 is 5.97 Å². The van der Waals surface area contributed by atoms with Crippen molar-refractivity contribution in [1.82, 2.24) is 15.6 Å². The summed E-state index contributed by atoms with van der Waals surface area (Å²) in [5, 5.41) is 19.9. The van der Waals surface area contributed by atoms with E-state index >= 15 is 0 Å². The molecule has 2 rings (SSSR count). The van der Waals surface area contributed by atoms with Crippen LogP contribution in [0.3, 0.4) is 0 Å². The first-order valence-corrected chi connectivity index (χ1v) is 5.36. The quantitative estimate of drug-likeness (QED) is 0.773. The van der Waals surface area contributed by atoms with Gasteiger partial charge in [0.15, 0.2) is 0 Å². The highest BCUT2D eigenvalue weighted by atomic mass is 16.6. The van der Waals surface area contributed by atoms with Gasteiger partial charge in [-0.1, -0.05) is 10.3 Å². The Morgan fingerprint density at radius 2 is 2.44 bits per heavy atom. The molecule has 16 heavy (non-hydrogen) atoms. The Balaban J connectivity index is 2.20. The van der Waals surface area contributed by atoms with Crippen LogP contribution in [0.1, 0.15) is 24.2 Å². The van der Waals surface area contributed by atoms with Crippen LogP contribution in [0.5, 0.6) is 0 Å². The first-order chi connectivity index (χ1) is 7.64. The zero-order valence-electron chi connectivity index (χ0n) is 9.19. The molecule has 1 saturated heterocycles. The van der Waals surface area contributed by atoms with E-state index in [0.29, 0.717) is 30.8 Å². The summed E-state index contributed by atoms with van der Waals surface area (Å²) in [6.45, 7) is 3.14. The zero-order chi connectivity index (χ0) is 11.6. The first-order valence-electron chi connectivity index (χ1n) is 5.36. The first kappa shape index (κ1) is 11.1. The molecule has 1 aliphatic rings. The van der Waals surface area contributed by atoms with Crippen LogP contribution < -0.4 is 5.32 Å². The average Bonchev–Trinajstić information content (AvgIpc) is 2.65. The van der Waals surface area contributed by atoms with Crippen molar-refractivity contribution in [1.29, 1.82) is 0 Å². The number of carboxylic acid groups (broad SMARTS) is 1. The lowest BCUT2D eigenvalue weighted by atomic mass is 9.76. The number of carbonyl (C=O) groups is 1. The maximum absolute atomic E-state index is 11.4. The van der Waals surface area contributed by atoms with Gasteiger partial charge in [0, 0.05) is 13.0 Å². The van der Waals surface area contributed by atoms with Gasteiger partial charge in [-0.05, 0) is 26.3 Å². The lowest BCUT2D eigenvalue weighted by Gasteiger charge is -2.32. The van der Waals surface area contributed by atoms with Gasteiger partial charge < -0.3 is 10.4 Å². The lowest BCUT2D eigenvalue weighted by molar-refractivity contribution is -0.150. The molecule has 88 valence electrons. The molecule has 6 nitrogen and oxygen atoms in total. The summed E-state index contributed by atoms with van der Waals surface area (Å²) in [6.07, 6.45) is 1.92. The van der Waals surface area contributed by atoms with E-state index in [4.69, 9.17) is 0 Å². The average molecular weight is 225 g/mol. The number of piperidine rings is 1. The van der Waals surface area contributed by atoms with E-state index in [0.717, 1.165) is 13.0 Å². The topological polar surface area (TPSA) is 88.2 Å². The Kier molecular flexibility index (Phi) is 2.91. The number of rotatable bonds is 3. The minimum Gasteiger partial charge on any atom is -0.481 e. The third kappa shape index (κ3) is 1.92. The molecule has 0 saturated carbocycles. The summed E-state index contributed by atoms with van der Waals surface area (Å²) in [7, 11) is 0. The summed E-state index contributed by atoms with van der Waals surface area (Å²) in [6, 6.07) is 0. The number of nitrogens with one attached hydrogen (secondary N) is 1. The van der Waals surface area contributed by atoms with E-state index in [-0.39, 0.29) is 0 Å². The highest BCUT2D eigenvalue weighted by Crippen LogP contribution is 2.31. The number of aryl methyl sites for hydroxylation is 1. The Hall–Kier alpha value is -1.43. The van der Waals surface area contributed by atoms with Gasteiger partial charge in [-0.3, -0.25) is 4.79 Å². The molecule has 0 aromatic carbocycles. The number of aromatic nitrogens is 2. The van der Waals surface area contributed by atoms with E-state index in [2.05, 4.69) is 20.3 Å². The number of hydrogen-bond donors (Lipinski definition) is 2. The molecule has 6 heteroatoms. The summed E-state index contributed by atoms with van der Waals surface area (Å²) in [5.74, 6) is -0.776. The molecule has 0 amide bonds. The Morgan fingerprint density at radius 1 is 1.62 bits per heavy atom. The number of carboxylic acids is 1. The van der Waals surface area contributed by atoms with Gasteiger partial charge in [-0.15, -0.1) is 0 Å². The van der Waals surface area contributed by atoms with Crippen molar-refractivity contribution in [3.63, 3.8) is 0 Å². The molecular formula is C10H15N3O3. The van der Waals surface area contributed by atoms with Crippen LogP contribution in [0, 0.1) is 12.3 Å². The summed E-state index contributed by atoms with van der Waals surface area (Å²) in [4.78, 5) is 11.4. The largest absolute Gasteiger partial charge is 0.481 e. The molecule has 0 bridgehead atoms. The maximum Gasteiger partial charge on any atom is 0.311 e. The highest BCUT2D eigenvalue weighted by molar-refractivity contribution is 5.75. The minimum absolute atomic E-state index is 0.380. The Bertz CT molecular complexity index is 382. The fourth-order valence-electron chi connectivity index (χ4n) is 2.11. The third-order valence-corrected chi connectivity index (χ3v) is 3.18. The van der Waals surface area contributed by atoms with Gasteiger partial charge in [-0.25, -0.2) is 4.63 Å². The third-order valence-electron chi connectivity index (χ3n) is 3.18. The van der Waals surface area contributed by atoms with Crippen LogP contribution in [-0.4, -0.2) is 34.5 Å². The molecule has 0 aliphatic carbocycles. The minimum atomic E-state index is -0.776. The fraction of sp³-hybridized carbons (Fsp3) is 0.700. The molecule has 0 radical (unpaired) electrons. The SMILES string of the molecule is Cc1nonc1CC1(C(=O)O)CCCNC1. The molecule has 1 unspecified atom stereocenters. The van der Waals surface area contributed by atoms with Crippen molar-refractivity contribution in [2.45, 2.75) is 26.2 Å². The standard InChI is InChI=1S/C10H15N3O3/c1-7-8(13-16-12-7)5-10(9(14)15)3-2-4-11-6-10/h11H,2-6H2,1H3,(H,14,15). The summed E-state index contributed by atoms with van der Waals surface area (Å²) in [5.41, 5.74) is 0.555. The number of aliphatic carboxylic acids is 1. The summed E-state index contributed by atoms with van der Waals surface area (Å²) < 4.78 is 4.60. The van der Waals surface area contributed by atoms with Crippen molar-refractivity contribution in [3.8, 4) is 0 Å². The Morgan fingerprint density at radius 3 is 2.94 bits per heavy atom. The van der Waals surface area contributed by atoms with E-state index in [1.807, 2.05) is 0 Å². The monoisotopic (exact) mass is 225 g/mol. The summed E-state index contributed by atoms with van der Waals surface area (Å²) >= 11 is 0. The van der Waals surface area contributed by atoms with Gasteiger partial charge in [0.25, 0.3) is 0 Å². The van der Waals surface area contributed by atoms with Crippen molar-refractivity contribution in [2.24, 2.45) is 5.41 Å². The predicted octanol–water partition coefficient (Wildman–Crippen LogP) is 0.375.